The van der Waals surface area contributed by atoms with Crippen molar-refractivity contribution in [3.8, 4) is 0 Å². The summed E-state index contributed by atoms with van der Waals surface area (Å²) in [4.78, 5) is 53.0. The number of piperazine rings is 1. The third-order valence-corrected chi connectivity index (χ3v) is 9.45. The number of piperidine rings is 1. The number of hydrogen-bond donors (Lipinski definition) is 1. The number of carbonyl (C=O) groups is 3. The smallest absolute Gasteiger partial charge is 0.272 e. The number of benzene rings is 1. The Labute approximate surface area is 231 Å². The summed E-state index contributed by atoms with van der Waals surface area (Å²) in [7, 11) is 0. The summed E-state index contributed by atoms with van der Waals surface area (Å²) < 4.78 is 14.9. The minimum atomic E-state index is -0.968. The zero-order valence-corrected chi connectivity index (χ0v) is 22.5. The minimum Gasteiger partial charge on any atom is -0.338 e. The standard InChI is InChI=1S/C29H32FN7O3/c1-18-20(30)4-7-24-26(18)29(28(40)37(24)17-25(38)36-14-13-34-10-2-3-19(34)16-36)8-11-35(12-9-29)27(39)22-6-5-21-23(32-22)15-31-33-21/h4-7,15,19H,2-3,8-14,16-17H2,1H3,(H,31,33). The van der Waals surface area contributed by atoms with Gasteiger partial charge in [0.05, 0.1) is 17.1 Å². The second-order valence-electron chi connectivity index (χ2n) is 11.5. The van der Waals surface area contributed by atoms with E-state index in [9.17, 15) is 18.8 Å². The molecule has 6 heterocycles. The second kappa shape index (κ2) is 9.36. The van der Waals surface area contributed by atoms with Crippen molar-refractivity contribution in [1.29, 1.82) is 0 Å². The Morgan fingerprint density at radius 2 is 1.90 bits per heavy atom. The topological polar surface area (TPSA) is 106 Å². The fourth-order valence-electron chi connectivity index (χ4n) is 7.25. The van der Waals surface area contributed by atoms with Crippen LogP contribution in [0.2, 0.25) is 0 Å². The third kappa shape index (κ3) is 3.81. The molecule has 10 nitrogen and oxygen atoms in total. The first-order chi connectivity index (χ1) is 19.4. The van der Waals surface area contributed by atoms with E-state index in [-0.39, 0.29) is 30.1 Å². The van der Waals surface area contributed by atoms with Crippen molar-refractivity contribution in [2.75, 3.05) is 50.7 Å². The highest BCUT2D eigenvalue weighted by molar-refractivity contribution is 6.11. The number of likely N-dealkylation sites (tertiary alicyclic amines) is 1. The van der Waals surface area contributed by atoms with Crippen LogP contribution in [0.25, 0.3) is 11.0 Å². The molecule has 0 bridgehead atoms. The largest absolute Gasteiger partial charge is 0.338 e. The minimum absolute atomic E-state index is 0.0529. The van der Waals surface area contributed by atoms with Crippen LogP contribution >= 0.6 is 0 Å². The second-order valence-corrected chi connectivity index (χ2v) is 11.5. The van der Waals surface area contributed by atoms with Gasteiger partial charge in [-0.05, 0) is 74.5 Å². The molecular weight excluding hydrogens is 513 g/mol. The molecule has 1 unspecified atom stereocenters. The molecule has 4 aliphatic rings. The Bertz CT molecular complexity index is 1530. The fourth-order valence-corrected chi connectivity index (χ4v) is 7.25. The summed E-state index contributed by atoms with van der Waals surface area (Å²) in [5, 5.41) is 6.80. The van der Waals surface area contributed by atoms with E-state index < -0.39 is 5.41 Å². The first-order valence-corrected chi connectivity index (χ1v) is 14.1. The number of pyridine rings is 1. The quantitative estimate of drug-likeness (QED) is 0.541. The van der Waals surface area contributed by atoms with Crippen LogP contribution in [0.1, 0.15) is 47.3 Å². The van der Waals surface area contributed by atoms with Crippen molar-refractivity contribution < 1.29 is 18.8 Å². The Hall–Kier alpha value is -3.86. The maximum atomic E-state index is 14.9. The number of halogens is 1. The molecule has 2 aromatic heterocycles. The predicted octanol–water partition coefficient (Wildman–Crippen LogP) is 2.23. The first-order valence-electron chi connectivity index (χ1n) is 14.1. The molecule has 3 saturated heterocycles. The maximum Gasteiger partial charge on any atom is 0.272 e. The molecule has 3 amide bonds. The highest BCUT2D eigenvalue weighted by atomic mass is 19.1. The third-order valence-electron chi connectivity index (χ3n) is 9.45. The summed E-state index contributed by atoms with van der Waals surface area (Å²) in [6, 6.07) is 6.85. The lowest BCUT2D eigenvalue weighted by molar-refractivity contribution is -0.134. The van der Waals surface area contributed by atoms with Gasteiger partial charge >= 0.3 is 0 Å². The van der Waals surface area contributed by atoms with E-state index in [0.29, 0.717) is 73.1 Å². The van der Waals surface area contributed by atoms with Crippen LogP contribution in [0, 0.1) is 12.7 Å². The normalized spacial score (nSPS) is 22.3. The molecule has 7 rings (SSSR count). The van der Waals surface area contributed by atoms with Gasteiger partial charge in [-0.15, -0.1) is 0 Å². The van der Waals surface area contributed by atoms with E-state index >= 15 is 0 Å². The summed E-state index contributed by atoms with van der Waals surface area (Å²) in [5.74, 6) is -0.822. The molecule has 0 aliphatic carbocycles. The molecule has 1 spiro atoms. The Morgan fingerprint density at radius 3 is 2.73 bits per heavy atom. The van der Waals surface area contributed by atoms with Crippen molar-refractivity contribution in [3.63, 3.8) is 0 Å². The maximum absolute atomic E-state index is 14.9. The van der Waals surface area contributed by atoms with Gasteiger partial charge in [-0.1, -0.05) is 0 Å². The average Bonchev–Trinajstić information content (AvgIpc) is 3.69. The lowest BCUT2D eigenvalue weighted by Gasteiger charge is -2.39. The number of aromatic amines is 1. The molecule has 3 aromatic rings. The van der Waals surface area contributed by atoms with E-state index in [4.69, 9.17) is 0 Å². The summed E-state index contributed by atoms with van der Waals surface area (Å²) >= 11 is 0. The van der Waals surface area contributed by atoms with E-state index in [1.165, 1.54) is 6.07 Å². The summed E-state index contributed by atoms with van der Waals surface area (Å²) in [6.07, 6.45) is 4.54. The number of H-pyrrole nitrogens is 1. The number of rotatable bonds is 3. The van der Waals surface area contributed by atoms with Gasteiger partial charge in [0.25, 0.3) is 5.91 Å². The van der Waals surface area contributed by atoms with Crippen LogP contribution in [0.4, 0.5) is 10.1 Å². The number of anilines is 1. The molecule has 4 aliphatic heterocycles. The first kappa shape index (κ1) is 25.1. The molecule has 1 atom stereocenters. The van der Waals surface area contributed by atoms with Gasteiger partial charge < -0.3 is 14.7 Å². The highest BCUT2D eigenvalue weighted by Gasteiger charge is 2.54. The highest BCUT2D eigenvalue weighted by Crippen LogP contribution is 2.50. The summed E-state index contributed by atoms with van der Waals surface area (Å²) in [6.45, 7) is 5.61. The Balaban J connectivity index is 1.12. The number of amides is 3. The van der Waals surface area contributed by atoms with Crippen molar-refractivity contribution in [2.45, 2.75) is 44.1 Å². The van der Waals surface area contributed by atoms with Crippen LogP contribution in [0.3, 0.4) is 0 Å². The number of nitrogens with zero attached hydrogens (tertiary/aromatic N) is 6. The zero-order valence-electron chi connectivity index (χ0n) is 22.5. The van der Waals surface area contributed by atoms with Gasteiger partial charge in [-0.2, -0.15) is 5.10 Å². The number of aromatic nitrogens is 3. The van der Waals surface area contributed by atoms with Gasteiger partial charge in [-0.25, -0.2) is 9.37 Å². The van der Waals surface area contributed by atoms with Crippen LogP contribution in [-0.2, 0) is 15.0 Å². The van der Waals surface area contributed by atoms with Crippen molar-refractivity contribution in [2.24, 2.45) is 0 Å². The van der Waals surface area contributed by atoms with E-state index in [2.05, 4.69) is 20.1 Å². The average molecular weight is 546 g/mol. The molecule has 208 valence electrons. The molecule has 3 fully saturated rings. The Kier molecular flexibility index (Phi) is 5.88. The lowest BCUT2D eigenvalue weighted by Crippen LogP contribution is -2.55. The van der Waals surface area contributed by atoms with E-state index in [1.807, 2.05) is 4.90 Å². The van der Waals surface area contributed by atoms with Crippen LogP contribution in [0.15, 0.2) is 30.5 Å². The molecule has 1 aromatic carbocycles. The van der Waals surface area contributed by atoms with Crippen molar-refractivity contribution in [1.82, 2.24) is 29.9 Å². The number of hydrogen-bond acceptors (Lipinski definition) is 6. The summed E-state index contributed by atoms with van der Waals surface area (Å²) in [5.41, 5.74) is 2.43. The van der Waals surface area contributed by atoms with Gasteiger partial charge in [0, 0.05) is 44.5 Å². The molecule has 0 saturated carbocycles. The molecule has 40 heavy (non-hydrogen) atoms. The van der Waals surface area contributed by atoms with Crippen LogP contribution < -0.4 is 4.90 Å². The molecule has 1 N–H and O–H groups in total. The zero-order chi connectivity index (χ0) is 27.6. The fraction of sp³-hybridized carbons (Fsp3) is 0.483. The van der Waals surface area contributed by atoms with Gasteiger partial charge in [0.1, 0.15) is 23.6 Å². The predicted molar refractivity (Wildman–Crippen MR) is 145 cm³/mol. The number of nitrogens with one attached hydrogen (secondary N) is 1. The molecular formula is C29H32FN7O3. The molecule has 0 radical (unpaired) electrons. The van der Waals surface area contributed by atoms with Gasteiger partial charge in [-0.3, -0.25) is 24.4 Å². The monoisotopic (exact) mass is 545 g/mol. The number of carbonyl (C=O) groups excluding carboxylic acids is 3. The van der Waals surface area contributed by atoms with Crippen LogP contribution in [-0.4, -0.2) is 99.5 Å². The molecule has 11 heteroatoms. The number of fused-ring (bicyclic) bond motifs is 4. The van der Waals surface area contributed by atoms with E-state index in [0.717, 1.165) is 31.4 Å². The van der Waals surface area contributed by atoms with Crippen molar-refractivity contribution >= 4 is 34.4 Å². The van der Waals surface area contributed by atoms with Gasteiger partial charge in [0.15, 0.2) is 0 Å². The Morgan fingerprint density at radius 1 is 1.07 bits per heavy atom. The lowest BCUT2D eigenvalue weighted by atomic mass is 9.72. The van der Waals surface area contributed by atoms with E-state index in [1.54, 1.807) is 41.1 Å². The van der Waals surface area contributed by atoms with Crippen molar-refractivity contribution in [3.05, 3.63) is 53.1 Å². The SMILES string of the molecule is Cc1c(F)ccc2c1C1(CCN(C(=O)c3ccc4[nH]ncc4n3)CC1)C(=O)N2CC(=O)N1CCN2CCCC2C1. The van der Waals surface area contributed by atoms with Crippen LogP contribution in [0.5, 0.6) is 0 Å². The van der Waals surface area contributed by atoms with Gasteiger partial charge in [0.2, 0.25) is 11.8 Å².